The van der Waals surface area contributed by atoms with Gasteiger partial charge in [0.2, 0.25) is 0 Å². The largest absolute Gasteiger partial charge is 0.482 e. The molecule has 0 aliphatic rings. The predicted molar refractivity (Wildman–Crippen MR) is 80.4 cm³/mol. The highest BCUT2D eigenvalue weighted by Crippen LogP contribution is 2.30. The number of hydrogen-bond donors (Lipinski definition) is 1. The molecule has 1 aromatic heterocycles. The standard InChI is InChI=1S/C14H14BrClN2O/c1-9(17)14(12-4-2-3-5-13(12)15)19-11-6-10(16)7-18-8-11/h2-9,14H,17H2,1H3. The molecule has 1 heterocycles. The lowest BCUT2D eigenvalue weighted by Crippen LogP contribution is -2.29. The van der Waals surface area contributed by atoms with Crippen molar-refractivity contribution in [3.8, 4) is 5.75 Å². The molecule has 0 radical (unpaired) electrons. The second-order valence-electron chi connectivity index (χ2n) is 4.26. The molecule has 1 aromatic carbocycles. The summed E-state index contributed by atoms with van der Waals surface area (Å²) < 4.78 is 6.89. The molecule has 19 heavy (non-hydrogen) atoms. The lowest BCUT2D eigenvalue weighted by Gasteiger charge is -2.23. The smallest absolute Gasteiger partial charge is 0.140 e. The molecule has 0 bridgehead atoms. The molecule has 0 fully saturated rings. The van der Waals surface area contributed by atoms with Crippen molar-refractivity contribution in [2.45, 2.75) is 19.1 Å². The first-order valence-corrected chi connectivity index (χ1v) is 7.02. The zero-order chi connectivity index (χ0) is 13.8. The van der Waals surface area contributed by atoms with E-state index in [4.69, 9.17) is 22.1 Å². The van der Waals surface area contributed by atoms with Crippen LogP contribution in [0, 0.1) is 0 Å². The number of halogens is 2. The van der Waals surface area contributed by atoms with E-state index in [0.717, 1.165) is 10.0 Å². The third-order valence-corrected chi connectivity index (χ3v) is 3.56. The summed E-state index contributed by atoms with van der Waals surface area (Å²) in [6, 6.07) is 9.40. The number of benzene rings is 1. The normalized spacial score (nSPS) is 13.9. The quantitative estimate of drug-likeness (QED) is 0.915. The van der Waals surface area contributed by atoms with Gasteiger partial charge in [0.15, 0.2) is 0 Å². The van der Waals surface area contributed by atoms with Crippen molar-refractivity contribution in [3.63, 3.8) is 0 Å². The van der Waals surface area contributed by atoms with E-state index in [-0.39, 0.29) is 12.1 Å². The van der Waals surface area contributed by atoms with Gasteiger partial charge in [0, 0.05) is 28.3 Å². The van der Waals surface area contributed by atoms with Gasteiger partial charge in [0.1, 0.15) is 11.9 Å². The van der Waals surface area contributed by atoms with Crippen LogP contribution in [0.2, 0.25) is 5.02 Å². The van der Waals surface area contributed by atoms with E-state index in [1.807, 2.05) is 31.2 Å². The Hall–Kier alpha value is -1.10. The minimum Gasteiger partial charge on any atom is -0.482 e. The van der Waals surface area contributed by atoms with Gasteiger partial charge in [0.05, 0.1) is 11.2 Å². The van der Waals surface area contributed by atoms with Gasteiger partial charge in [-0.1, -0.05) is 45.7 Å². The van der Waals surface area contributed by atoms with Gasteiger partial charge in [-0.2, -0.15) is 0 Å². The second kappa shape index (κ2) is 6.37. The third-order valence-electron chi connectivity index (χ3n) is 2.63. The maximum atomic E-state index is 6.02. The number of rotatable bonds is 4. The molecule has 2 N–H and O–H groups in total. The molecule has 2 rings (SSSR count). The molecule has 100 valence electrons. The van der Waals surface area contributed by atoms with Crippen molar-refractivity contribution in [1.82, 2.24) is 4.98 Å². The van der Waals surface area contributed by atoms with Gasteiger partial charge in [-0.3, -0.25) is 4.98 Å². The number of pyridine rings is 1. The van der Waals surface area contributed by atoms with Crippen LogP contribution >= 0.6 is 27.5 Å². The van der Waals surface area contributed by atoms with Crippen LogP contribution in [0.3, 0.4) is 0 Å². The Bertz CT molecular complexity index is 563. The van der Waals surface area contributed by atoms with E-state index in [2.05, 4.69) is 20.9 Å². The molecule has 3 nitrogen and oxygen atoms in total. The summed E-state index contributed by atoms with van der Waals surface area (Å²) in [6.45, 7) is 1.90. The van der Waals surface area contributed by atoms with Crippen LogP contribution in [0.25, 0.3) is 0 Å². The highest BCUT2D eigenvalue weighted by atomic mass is 79.9. The van der Waals surface area contributed by atoms with Crippen molar-refractivity contribution in [1.29, 1.82) is 0 Å². The zero-order valence-corrected chi connectivity index (χ0v) is 12.7. The Morgan fingerprint density at radius 2 is 2.05 bits per heavy atom. The Balaban J connectivity index is 2.29. The Labute approximate surface area is 125 Å². The average Bonchev–Trinajstić information content (AvgIpc) is 2.37. The van der Waals surface area contributed by atoms with Crippen LogP contribution in [-0.4, -0.2) is 11.0 Å². The molecule has 0 aliphatic heterocycles. The summed E-state index contributed by atoms with van der Waals surface area (Å²) >= 11 is 9.42. The van der Waals surface area contributed by atoms with Gasteiger partial charge in [-0.15, -0.1) is 0 Å². The summed E-state index contributed by atoms with van der Waals surface area (Å²) in [6.07, 6.45) is 2.92. The molecular weight excluding hydrogens is 328 g/mol. The number of hydrogen-bond acceptors (Lipinski definition) is 3. The van der Waals surface area contributed by atoms with E-state index in [9.17, 15) is 0 Å². The van der Waals surface area contributed by atoms with E-state index in [1.165, 1.54) is 0 Å². The Morgan fingerprint density at radius 3 is 2.68 bits per heavy atom. The van der Waals surface area contributed by atoms with Gasteiger partial charge in [-0.05, 0) is 13.0 Å². The minimum atomic E-state index is -0.268. The maximum absolute atomic E-state index is 6.02. The van der Waals surface area contributed by atoms with Crippen LogP contribution in [0.5, 0.6) is 5.75 Å². The van der Waals surface area contributed by atoms with Gasteiger partial charge in [-0.25, -0.2) is 0 Å². The monoisotopic (exact) mass is 340 g/mol. The zero-order valence-electron chi connectivity index (χ0n) is 10.4. The maximum Gasteiger partial charge on any atom is 0.140 e. The Kier molecular flexibility index (Phi) is 4.80. The molecule has 0 amide bonds. The SMILES string of the molecule is CC(N)C(Oc1cncc(Cl)c1)c1ccccc1Br. The number of nitrogens with zero attached hydrogens (tertiary/aromatic N) is 1. The first kappa shape index (κ1) is 14.3. The lowest BCUT2D eigenvalue weighted by atomic mass is 10.0. The highest BCUT2D eigenvalue weighted by Gasteiger charge is 2.20. The van der Waals surface area contributed by atoms with E-state index < -0.39 is 0 Å². The predicted octanol–water partition coefficient (Wildman–Crippen LogP) is 3.96. The van der Waals surface area contributed by atoms with Crippen molar-refractivity contribution >= 4 is 27.5 Å². The van der Waals surface area contributed by atoms with Crippen molar-refractivity contribution in [2.75, 3.05) is 0 Å². The topological polar surface area (TPSA) is 48.1 Å². The van der Waals surface area contributed by atoms with Crippen LogP contribution in [-0.2, 0) is 0 Å². The molecule has 2 unspecified atom stereocenters. The highest BCUT2D eigenvalue weighted by molar-refractivity contribution is 9.10. The fourth-order valence-electron chi connectivity index (χ4n) is 1.76. The van der Waals surface area contributed by atoms with Crippen LogP contribution in [0.15, 0.2) is 47.2 Å². The minimum absolute atomic E-state index is 0.169. The van der Waals surface area contributed by atoms with E-state index >= 15 is 0 Å². The van der Waals surface area contributed by atoms with Gasteiger partial charge < -0.3 is 10.5 Å². The summed E-state index contributed by atoms with van der Waals surface area (Å²) in [7, 11) is 0. The summed E-state index contributed by atoms with van der Waals surface area (Å²) in [5, 5.41) is 0.535. The van der Waals surface area contributed by atoms with Crippen molar-refractivity contribution < 1.29 is 4.74 Å². The first-order valence-electron chi connectivity index (χ1n) is 5.85. The van der Waals surface area contributed by atoms with Crippen LogP contribution in [0.1, 0.15) is 18.6 Å². The number of nitrogens with two attached hydrogens (primary N) is 1. The fraction of sp³-hybridized carbons (Fsp3) is 0.214. The molecule has 5 heteroatoms. The molecule has 0 aliphatic carbocycles. The van der Waals surface area contributed by atoms with Crippen molar-refractivity contribution in [3.05, 3.63) is 57.8 Å². The van der Waals surface area contributed by atoms with Gasteiger partial charge in [0.25, 0.3) is 0 Å². The number of ether oxygens (including phenoxy) is 1. The fourth-order valence-corrected chi connectivity index (χ4v) is 2.44. The molecular formula is C14H14BrClN2O. The van der Waals surface area contributed by atoms with E-state index in [0.29, 0.717) is 10.8 Å². The number of aromatic nitrogens is 1. The van der Waals surface area contributed by atoms with E-state index in [1.54, 1.807) is 18.5 Å². The summed E-state index contributed by atoms with van der Waals surface area (Å²) in [4.78, 5) is 4.00. The van der Waals surface area contributed by atoms with Crippen molar-refractivity contribution in [2.24, 2.45) is 5.73 Å². The molecule has 0 saturated heterocycles. The molecule has 0 saturated carbocycles. The third kappa shape index (κ3) is 3.69. The second-order valence-corrected chi connectivity index (χ2v) is 5.55. The van der Waals surface area contributed by atoms with Gasteiger partial charge >= 0.3 is 0 Å². The Morgan fingerprint density at radius 1 is 1.32 bits per heavy atom. The molecule has 2 atom stereocenters. The molecule has 0 spiro atoms. The summed E-state index contributed by atoms with van der Waals surface area (Å²) in [5.41, 5.74) is 7.02. The average molecular weight is 342 g/mol. The lowest BCUT2D eigenvalue weighted by molar-refractivity contribution is 0.179. The van der Waals surface area contributed by atoms with Crippen LogP contribution < -0.4 is 10.5 Å². The molecule has 2 aromatic rings. The summed E-state index contributed by atoms with van der Waals surface area (Å²) in [5.74, 6) is 0.602. The first-order chi connectivity index (χ1) is 9.08. The van der Waals surface area contributed by atoms with Crippen LogP contribution in [0.4, 0.5) is 0 Å².